The second kappa shape index (κ2) is 10.8. The highest BCUT2D eigenvalue weighted by molar-refractivity contribution is 5.92. The zero-order valence-electron chi connectivity index (χ0n) is 19.3. The zero-order valence-corrected chi connectivity index (χ0v) is 19.3. The van der Waals surface area contributed by atoms with Crippen molar-refractivity contribution in [1.82, 2.24) is 4.90 Å². The highest BCUT2D eigenvalue weighted by atomic mass is 16.6. The predicted molar refractivity (Wildman–Crippen MR) is 136 cm³/mol. The Hall–Kier alpha value is -3.99. The summed E-state index contributed by atoms with van der Waals surface area (Å²) in [6.07, 6.45) is 8.42. The van der Waals surface area contributed by atoms with Gasteiger partial charge in [-0.3, -0.25) is 14.9 Å². The summed E-state index contributed by atoms with van der Waals surface area (Å²) in [6, 6.07) is 24.7. The van der Waals surface area contributed by atoms with Gasteiger partial charge in [-0.1, -0.05) is 66.2 Å². The molecule has 0 aliphatic heterocycles. The van der Waals surface area contributed by atoms with E-state index in [0.29, 0.717) is 6.54 Å². The molecule has 1 aliphatic carbocycles. The fraction of sp³-hybridized carbons (Fsp3) is 0.207. The van der Waals surface area contributed by atoms with Gasteiger partial charge in [0.25, 0.3) is 5.69 Å². The van der Waals surface area contributed by atoms with Gasteiger partial charge in [-0.05, 0) is 66.6 Å². The number of aryl methyl sites for hydroxylation is 1. The summed E-state index contributed by atoms with van der Waals surface area (Å²) < 4.78 is 0. The van der Waals surface area contributed by atoms with E-state index in [-0.39, 0.29) is 17.6 Å². The summed E-state index contributed by atoms with van der Waals surface area (Å²) in [7, 11) is 0. The number of benzene rings is 3. The first-order valence-electron chi connectivity index (χ1n) is 11.5. The van der Waals surface area contributed by atoms with Crippen LogP contribution in [0, 0.1) is 10.1 Å². The number of rotatable bonds is 7. The lowest BCUT2D eigenvalue weighted by molar-refractivity contribution is -0.384. The smallest absolute Gasteiger partial charge is 0.269 e. The van der Waals surface area contributed by atoms with Gasteiger partial charge in [0.1, 0.15) is 0 Å². The Labute approximate surface area is 200 Å². The predicted octanol–water partition coefficient (Wildman–Crippen LogP) is 6.62. The van der Waals surface area contributed by atoms with E-state index in [1.165, 1.54) is 23.3 Å². The lowest BCUT2D eigenvalue weighted by Crippen LogP contribution is -2.36. The number of fused-ring (bicyclic) bond motifs is 1. The van der Waals surface area contributed by atoms with E-state index >= 15 is 0 Å². The first kappa shape index (κ1) is 23.2. The van der Waals surface area contributed by atoms with Crippen LogP contribution in [0.2, 0.25) is 0 Å². The average Bonchev–Trinajstić information content (AvgIpc) is 2.86. The molecule has 1 atom stereocenters. The van der Waals surface area contributed by atoms with Crippen molar-refractivity contribution < 1.29 is 9.72 Å². The normalized spacial score (nSPS) is 15.7. The van der Waals surface area contributed by atoms with E-state index in [2.05, 4.69) is 43.3 Å². The summed E-state index contributed by atoms with van der Waals surface area (Å²) in [6.45, 7) is 2.58. The summed E-state index contributed by atoms with van der Waals surface area (Å²) in [5.41, 5.74) is 5.52. The minimum atomic E-state index is -0.428. The number of nitrogens with zero attached hydrogens (tertiary/aromatic N) is 2. The number of hydrogen-bond donors (Lipinski definition) is 0. The summed E-state index contributed by atoms with van der Waals surface area (Å²) in [5, 5.41) is 10.9. The molecule has 0 N–H and O–H groups in total. The minimum absolute atomic E-state index is 0.0121. The van der Waals surface area contributed by atoms with E-state index in [9.17, 15) is 14.9 Å². The van der Waals surface area contributed by atoms with Gasteiger partial charge >= 0.3 is 0 Å². The Kier molecular flexibility index (Phi) is 7.33. The van der Waals surface area contributed by atoms with Crippen molar-refractivity contribution in [3.8, 4) is 0 Å². The van der Waals surface area contributed by atoms with E-state index in [1.54, 1.807) is 24.3 Å². The van der Waals surface area contributed by atoms with E-state index < -0.39 is 4.92 Å². The average molecular weight is 453 g/mol. The van der Waals surface area contributed by atoms with Crippen LogP contribution >= 0.6 is 0 Å². The fourth-order valence-corrected chi connectivity index (χ4v) is 4.51. The SMILES string of the molecule is CC(=Cc1ccccc1)CN(C(=O)C=Cc1ccc([N+](=O)[O-])cc1)C1CCCc2ccccc21. The highest BCUT2D eigenvalue weighted by Gasteiger charge is 2.28. The minimum Gasteiger partial charge on any atom is -0.328 e. The Balaban J connectivity index is 1.61. The van der Waals surface area contributed by atoms with Gasteiger partial charge in [0.05, 0.1) is 11.0 Å². The maximum atomic E-state index is 13.5. The molecule has 0 heterocycles. The van der Waals surface area contributed by atoms with Crippen LogP contribution in [0.25, 0.3) is 12.2 Å². The molecule has 172 valence electrons. The number of nitro groups is 1. The van der Waals surface area contributed by atoms with Crippen LogP contribution in [0.3, 0.4) is 0 Å². The van der Waals surface area contributed by atoms with Crippen LogP contribution in [-0.2, 0) is 11.2 Å². The second-order valence-electron chi connectivity index (χ2n) is 8.66. The number of non-ortho nitro benzene ring substituents is 1. The van der Waals surface area contributed by atoms with Crippen molar-refractivity contribution in [3.63, 3.8) is 0 Å². The molecule has 0 bridgehead atoms. The van der Waals surface area contributed by atoms with Gasteiger partial charge in [0, 0.05) is 24.8 Å². The first-order chi connectivity index (χ1) is 16.5. The molecular weight excluding hydrogens is 424 g/mol. The molecule has 1 unspecified atom stereocenters. The molecule has 0 spiro atoms. The van der Waals surface area contributed by atoms with Gasteiger partial charge in [-0.25, -0.2) is 0 Å². The Bertz CT molecular complexity index is 1210. The summed E-state index contributed by atoms with van der Waals surface area (Å²) in [4.78, 5) is 25.9. The third kappa shape index (κ3) is 5.67. The third-order valence-corrected chi connectivity index (χ3v) is 6.15. The van der Waals surface area contributed by atoms with E-state index in [0.717, 1.165) is 36.0 Å². The van der Waals surface area contributed by atoms with Crippen molar-refractivity contribution in [1.29, 1.82) is 0 Å². The summed E-state index contributed by atoms with van der Waals surface area (Å²) in [5.74, 6) is -0.0686. The molecule has 1 aliphatic rings. The Morgan fingerprint density at radius 2 is 1.71 bits per heavy atom. The van der Waals surface area contributed by atoms with Gasteiger partial charge in [-0.15, -0.1) is 0 Å². The standard InChI is InChI=1S/C29H28N2O3/c1-22(20-24-8-3-2-4-9-24)21-30(28-13-7-11-25-10-5-6-12-27(25)28)29(32)19-16-23-14-17-26(18-15-23)31(33)34/h2-6,8-10,12,14-20,28H,7,11,13,21H2,1H3. The van der Waals surface area contributed by atoms with Crippen LogP contribution in [0.4, 0.5) is 5.69 Å². The van der Waals surface area contributed by atoms with Crippen LogP contribution in [0.15, 0.2) is 90.5 Å². The monoisotopic (exact) mass is 452 g/mol. The Morgan fingerprint density at radius 3 is 2.44 bits per heavy atom. The van der Waals surface area contributed by atoms with Gasteiger partial charge < -0.3 is 4.90 Å². The molecule has 3 aromatic carbocycles. The number of carbonyl (C=O) groups excluding carboxylic acids is 1. The van der Waals surface area contributed by atoms with Crippen LogP contribution in [0.1, 0.15) is 48.1 Å². The molecule has 0 saturated carbocycles. The topological polar surface area (TPSA) is 63.5 Å². The lowest BCUT2D eigenvalue weighted by Gasteiger charge is -2.36. The molecule has 1 amide bonds. The second-order valence-corrected chi connectivity index (χ2v) is 8.66. The van der Waals surface area contributed by atoms with Gasteiger partial charge in [-0.2, -0.15) is 0 Å². The fourth-order valence-electron chi connectivity index (χ4n) is 4.51. The van der Waals surface area contributed by atoms with Crippen molar-refractivity contribution >= 4 is 23.7 Å². The molecule has 5 heteroatoms. The largest absolute Gasteiger partial charge is 0.328 e. The maximum Gasteiger partial charge on any atom is 0.269 e. The molecule has 0 fully saturated rings. The van der Waals surface area contributed by atoms with Crippen molar-refractivity contribution in [3.05, 3.63) is 123 Å². The number of carbonyl (C=O) groups is 1. The van der Waals surface area contributed by atoms with Crippen molar-refractivity contribution in [2.75, 3.05) is 6.54 Å². The summed E-state index contributed by atoms with van der Waals surface area (Å²) >= 11 is 0. The molecule has 0 saturated heterocycles. The van der Waals surface area contributed by atoms with E-state index in [1.807, 2.05) is 29.2 Å². The van der Waals surface area contributed by atoms with Crippen molar-refractivity contribution in [2.45, 2.75) is 32.2 Å². The molecule has 34 heavy (non-hydrogen) atoms. The number of nitro benzene ring substituents is 1. The molecule has 3 aromatic rings. The zero-order chi connectivity index (χ0) is 23.9. The maximum absolute atomic E-state index is 13.5. The first-order valence-corrected chi connectivity index (χ1v) is 11.5. The third-order valence-electron chi connectivity index (χ3n) is 6.15. The van der Waals surface area contributed by atoms with Gasteiger partial charge in [0.2, 0.25) is 5.91 Å². The number of hydrogen-bond acceptors (Lipinski definition) is 3. The molecular formula is C29H28N2O3. The van der Waals surface area contributed by atoms with Crippen LogP contribution in [-0.4, -0.2) is 22.3 Å². The number of amides is 1. The van der Waals surface area contributed by atoms with Gasteiger partial charge in [0.15, 0.2) is 0 Å². The quantitative estimate of drug-likeness (QED) is 0.230. The highest BCUT2D eigenvalue weighted by Crippen LogP contribution is 2.35. The van der Waals surface area contributed by atoms with E-state index in [4.69, 9.17) is 0 Å². The molecule has 4 rings (SSSR count). The molecule has 0 aromatic heterocycles. The molecule has 5 nitrogen and oxygen atoms in total. The van der Waals surface area contributed by atoms with Crippen molar-refractivity contribution in [2.24, 2.45) is 0 Å². The Morgan fingerprint density at radius 1 is 1.00 bits per heavy atom. The van der Waals surface area contributed by atoms with Crippen LogP contribution < -0.4 is 0 Å². The van der Waals surface area contributed by atoms with Crippen LogP contribution in [0.5, 0.6) is 0 Å². The lowest BCUT2D eigenvalue weighted by atomic mass is 9.86. The molecule has 0 radical (unpaired) electrons.